The molecule has 0 bridgehead atoms. The van der Waals surface area contributed by atoms with E-state index in [0.29, 0.717) is 18.5 Å². The number of benzene rings is 1. The minimum absolute atomic E-state index is 0.0167. The fourth-order valence-electron chi connectivity index (χ4n) is 2.29. The first-order chi connectivity index (χ1) is 11.5. The average Bonchev–Trinajstić information content (AvgIpc) is 2.60. The van der Waals surface area contributed by atoms with Crippen LogP contribution >= 0.6 is 0 Å². The summed E-state index contributed by atoms with van der Waals surface area (Å²) in [5.41, 5.74) is 1.35. The number of carbonyl (C=O) groups is 3. The Morgan fingerprint density at radius 2 is 1.96 bits per heavy atom. The number of ether oxygens (including phenoxy) is 2. The Kier molecular flexibility index (Phi) is 5.95. The fraction of sp³-hybridized carbons (Fsp3) is 0.353. The zero-order chi connectivity index (χ0) is 17.5. The summed E-state index contributed by atoms with van der Waals surface area (Å²) in [7, 11) is 2.91. The highest BCUT2D eigenvalue weighted by Crippen LogP contribution is 2.20. The Hall–Kier alpha value is -2.83. The molecule has 24 heavy (non-hydrogen) atoms. The number of nitrogens with one attached hydrogen (secondary N) is 1. The molecular weight excluding hydrogens is 312 g/mol. The number of nitrogens with zero attached hydrogens (tertiary/aromatic N) is 1. The van der Waals surface area contributed by atoms with Crippen LogP contribution in [0.15, 0.2) is 41.6 Å². The Balaban J connectivity index is 2.05. The van der Waals surface area contributed by atoms with Crippen molar-refractivity contribution in [2.75, 3.05) is 20.7 Å². The highest BCUT2D eigenvalue weighted by atomic mass is 16.6. The van der Waals surface area contributed by atoms with E-state index in [2.05, 4.69) is 5.32 Å². The molecule has 2 rings (SSSR count). The van der Waals surface area contributed by atoms with Gasteiger partial charge in [0.1, 0.15) is 12.3 Å². The van der Waals surface area contributed by atoms with E-state index in [0.717, 1.165) is 5.56 Å². The molecule has 1 aliphatic heterocycles. The predicted octanol–water partition coefficient (Wildman–Crippen LogP) is 1.59. The van der Waals surface area contributed by atoms with Crippen molar-refractivity contribution < 1.29 is 23.9 Å². The van der Waals surface area contributed by atoms with Crippen molar-refractivity contribution in [1.29, 1.82) is 0 Å². The summed E-state index contributed by atoms with van der Waals surface area (Å²) in [6.45, 7) is 0.563. The number of amides is 2. The van der Waals surface area contributed by atoms with Crippen molar-refractivity contribution in [1.82, 2.24) is 10.2 Å². The van der Waals surface area contributed by atoms with Gasteiger partial charge in [-0.05, 0) is 17.6 Å². The molecule has 2 amide bonds. The summed E-state index contributed by atoms with van der Waals surface area (Å²) in [6, 6.07) is 9.18. The van der Waals surface area contributed by atoms with Crippen molar-refractivity contribution >= 4 is 18.0 Å². The standard InChI is InChI=1S/C17H20N2O5/c1-19-9-8-13(10-14(19)20)15(16(21)23-2)18-17(22)24-11-12-6-4-3-5-7-12/h3-7H,8-11H2,1-2H3,(H,18,22). The van der Waals surface area contributed by atoms with E-state index in [1.807, 2.05) is 30.3 Å². The number of esters is 1. The fourth-order valence-corrected chi connectivity index (χ4v) is 2.29. The Labute approximate surface area is 140 Å². The van der Waals surface area contributed by atoms with E-state index in [-0.39, 0.29) is 24.6 Å². The van der Waals surface area contributed by atoms with Gasteiger partial charge >= 0.3 is 12.1 Å². The zero-order valence-electron chi connectivity index (χ0n) is 13.7. The largest absolute Gasteiger partial charge is 0.464 e. The molecule has 0 spiro atoms. The van der Waals surface area contributed by atoms with Crippen LogP contribution in [-0.4, -0.2) is 43.6 Å². The number of methoxy groups -OCH3 is 1. The van der Waals surface area contributed by atoms with Gasteiger partial charge < -0.3 is 14.4 Å². The first-order valence-corrected chi connectivity index (χ1v) is 7.53. The maximum Gasteiger partial charge on any atom is 0.412 e. The maximum absolute atomic E-state index is 12.0. The molecule has 1 N–H and O–H groups in total. The second kappa shape index (κ2) is 8.14. The molecule has 0 unspecified atom stereocenters. The molecule has 1 heterocycles. The Morgan fingerprint density at radius 3 is 2.58 bits per heavy atom. The van der Waals surface area contributed by atoms with Crippen LogP contribution in [0.4, 0.5) is 4.79 Å². The summed E-state index contributed by atoms with van der Waals surface area (Å²) in [5, 5.41) is 2.42. The van der Waals surface area contributed by atoms with Crippen molar-refractivity contribution in [3.63, 3.8) is 0 Å². The van der Waals surface area contributed by atoms with Gasteiger partial charge in [-0.15, -0.1) is 0 Å². The second-order valence-corrected chi connectivity index (χ2v) is 5.40. The van der Waals surface area contributed by atoms with Crippen LogP contribution in [0.3, 0.4) is 0 Å². The topological polar surface area (TPSA) is 84.9 Å². The van der Waals surface area contributed by atoms with Crippen molar-refractivity contribution in [3.05, 3.63) is 47.2 Å². The highest BCUT2D eigenvalue weighted by molar-refractivity contribution is 5.94. The quantitative estimate of drug-likeness (QED) is 0.668. The number of likely N-dealkylation sites (tertiary alicyclic amines) is 1. The lowest BCUT2D eigenvalue weighted by Crippen LogP contribution is -2.36. The number of alkyl carbamates (subject to hydrolysis) is 1. The average molecular weight is 332 g/mol. The molecule has 1 saturated heterocycles. The van der Waals surface area contributed by atoms with Crippen LogP contribution in [-0.2, 0) is 25.7 Å². The first kappa shape index (κ1) is 17.5. The van der Waals surface area contributed by atoms with Gasteiger partial charge in [0, 0.05) is 13.6 Å². The summed E-state index contributed by atoms with van der Waals surface area (Å²) < 4.78 is 9.80. The van der Waals surface area contributed by atoms with Crippen LogP contribution < -0.4 is 5.32 Å². The number of piperidine rings is 1. The predicted molar refractivity (Wildman–Crippen MR) is 85.7 cm³/mol. The molecule has 128 valence electrons. The number of hydrogen-bond acceptors (Lipinski definition) is 5. The lowest BCUT2D eigenvalue weighted by atomic mass is 10.0. The molecule has 1 fully saturated rings. The minimum Gasteiger partial charge on any atom is -0.464 e. The molecule has 0 aromatic heterocycles. The molecular formula is C17H20N2O5. The molecule has 1 aliphatic rings. The summed E-state index contributed by atoms with van der Waals surface area (Å²) >= 11 is 0. The molecule has 7 nitrogen and oxygen atoms in total. The third kappa shape index (κ3) is 4.58. The highest BCUT2D eigenvalue weighted by Gasteiger charge is 2.26. The minimum atomic E-state index is -0.766. The third-order valence-electron chi connectivity index (χ3n) is 3.72. The third-order valence-corrected chi connectivity index (χ3v) is 3.72. The van der Waals surface area contributed by atoms with Gasteiger partial charge in [-0.1, -0.05) is 30.3 Å². The molecule has 0 saturated carbocycles. The van der Waals surface area contributed by atoms with Crippen molar-refractivity contribution in [3.8, 4) is 0 Å². The van der Waals surface area contributed by atoms with Crippen LogP contribution in [0.25, 0.3) is 0 Å². The normalized spacial score (nSPS) is 16.4. The molecule has 0 aliphatic carbocycles. The van der Waals surface area contributed by atoms with Crippen LogP contribution in [0.1, 0.15) is 18.4 Å². The zero-order valence-corrected chi connectivity index (χ0v) is 13.7. The lowest BCUT2D eigenvalue weighted by molar-refractivity contribution is -0.136. The summed E-state index contributed by atoms with van der Waals surface area (Å²) in [6.07, 6.45) is -0.205. The van der Waals surface area contributed by atoms with E-state index in [1.165, 1.54) is 7.11 Å². The van der Waals surface area contributed by atoms with Gasteiger partial charge in [0.2, 0.25) is 5.91 Å². The molecule has 1 aromatic rings. The maximum atomic E-state index is 12.0. The van der Waals surface area contributed by atoms with Crippen LogP contribution in [0.2, 0.25) is 0 Å². The summed E-state index contributed by atoms with van der Waals surface area (Å²) in [4.78, 5) is 37.3. The Morgan fingerprint density at radius 1 is 1.25 bits per heavy atom. The van der Waals surface area contributed by atoms with Gasteiger partial charge in [0.15, 0.2) is 0 Å². The van der Waals surface area contributed by atoms with E-state index >= 15 is 0 Å². The summed E-state index contributed by atoms with van der Waals surface area (Å²) in [5.74, 6) is -0.809. The SMILES string of the molecule is COC(=O)C(NC(=O)OCc1ccccc1)=C1CCN(C)C(=O)C1. The molecule has 7 heteroatoms. The number of hydrogen-bond donors (Lipinski definition) is 1. The van der Waals surface area contributed by atoms with Gasteiger partial charge in [-0.2, -0.15) is 0 Å². The van der Waals surface area contributed by atoms with Gasteiger partial charge in [0.05, 0.1) is 13.5 Å². The van der Waals surface area contributed by atoms with Gasteiger partial charge in [-0.25, -0.2) is 9.59 Å². The van der Waals surface area contributed by atoms with Crippen molar-refractivity contribution in [2.45, 2.75) is 19.4 Å². The van der Waals surface area contributed by atoms with Crippen molar-refractivity contribution in [2.24, 2.45) is 0 Å². The molecule has 0 atom stereocenters. The van der Waals surface area contributed by atoms with Crippen LogP contribution in [0, 0.1) is 0 Å². The van der Waals surface area contributed by atoms with Crippen LogP contribution in [0.5, 0.6) is 0 Å². The number of carbonyl (C=O) groups excluding carboxylic acids is 3. The molecule has 1 aromatic carbocycles. The van der Waals surface area contributed by atoms with E-state index in [9.17, 15) is 14.4 Å². The number of rotatable bonds is 4. The monoisotopic (exact) mass is 332 g/mol. The second-order valence-electron chi connectivity index (χ2n) is 5.40. The van der Waals surface area contributed by atoms with Gasteiger partial charge in [0.25, 0.3) is 0 Å². The van der Waals surface area contributed by atoms with E-state index in [4.69, 9.17) is 9.47 Å². The first-order valence-electron chi connectivity index (χ1n) is 7.53. The Bertz CT molecular complexity index is 654. The van der Waals surface area contributed by atoms with E-state index in [1.54, 1.807) is 11.9 Å². The lowest BCUT2D eigenvalue weighted by Gasteiger charge is -2.25. The van der Waals surface area contributed by atoms with Gasteiger partial charge in [-0.3, -0.25) is 10.1 Å². The molecule has 0 radical (unpaired) electrons. The smallest absolute Gasteiger partial charge is 0.412 e. The van der Waals surface area contributed by atoms with E-state index < -0.39 is 12.1 Å².